The second kappa shape index (κ2) is 7.18. The topological polar surface area (TPSA) is 81.4 Å². The molecular formula is C20H18N2O3. The lowest BCUT2D eigenvalue weighted by molar-refractivity contribution is -0.141. The van der Waals surface area contributed by atoms with Gasteiger partial charge in [0.25, 0.3) is 5.91 Å². The van der Waals surface area contributed by atoms with Crippen LogP contribution in [0.3, 0.4) is 0 Å². The van der Waals surface area contributed by atoms with Gasteiger partial charge in [-0.15, -0.1) is 0 Å². The zero-order valence-electron chi connectivity index (χ0n) is 13.6. The first-order chi connectivity index (χ1) is 12.1. The maximum absolute atomic E-state index is 12.7. The van der Waals surface area contributed by atoms with E-state index in [0.29, 0.717) is 18.5 Å². The van der Waals surface area contributed by atoms with Crippen LogP contribution in [0.15, 0.2) is 54.6 Å². The number of carbonyl (C=O) groups excluding carboxylic acids is 1. The Hall–Kier alpha value is -3.13. The van der Waals surface area contributed by atoms with Crippen LogP contribution < -0.4 is 0 Å². The highest BCUT2D eigenvalue weighted by atomic mass is 16.4. The number of aliphatic carboxylic acids is 1. The second-order valence-electron chi connectivity index (χ2n) is 6.20. The maximum Gasteiger partial charge on any atom is 0.308 e. The lowest BCUT2D eigenvalue weighted by Gasteiger charge is -2.16. The van der Waals surface area contributed by atoms with Crippen LogP contribution in [0.5, 0.6) is 0 Å². The largest absolute Gasteiger partial charge is 0.481 e. The quantitative estimate of drug-likeness (QED) is 0.932. The molecule has 1 amide bonds. The fourth-order valence-electron chi connectivity index (χ4n) is 3.30. The van der Waals surface area contributed by atoms with Crippen molar-refractivity contribution < 1.29 is 14.7 Å². The molecule has 1 aliphatic rings. The first-order valence-electron chi connectivity index (χ1n) is 8.13. The van der Waals surface area contributed by atoms with Crippen LogP contribution in [0, 0.1) is 17.2 Å². The van der Waals surface area contributed by atoms with E-state index in [1.807, 2.05) is 30.3 Å². The monoisotopic (exact) mass is 334 g/mol. The first-order valence-corrected chi connectivity index (χ1v) is 8.13. The molecule has 3 rings (SSSR count). The van der Waals surface area contributed by atoms with Crippen molar-refractivity contribution in [3.8, 4) is 6.07 Å². The van der Waals surface area contributed by atoms with Crippen molar-refractivity contribution in [1.29, 1.82) is 5.26 Å². The molecule has 2 aromatic carbocycles. The predicted octanol–water partition coefficient (Wildman–Crippen LogP) is 2.69. The smallest absolute Gasteiger partial charge is 0.308 e. The Morgan fingerprint density at radius 3 is 2.36 bits per heavy atom. The maximum atomic E-state index is 12.7. The Morgan fingerprint density at radius 2 is 1.76 bits per heavy atom. The van der Waals surface area contributed by atoms with Crippen LogP contribution in [0.2, 0.25) is 0 Å². The molecule has 1 N–H and O–H groups in total. The van der Waals surface area contributed by atoms with Gasteiger partial charge in [-0.25, -0.2) is 0 Å². The van der Waals surface area contributed by atoms with Crippen molar-refractivity contribution in [1.82, 2.24) is 4.90 Å². The van der Waals surface area contributed by atoms with Gasteiger partial charge in [0.05, 0.1) is 18.4 Å². The normalized spacial score (nSPS) is 19.4. The van der Waals surface area contributed by atoms with Gasteiger partial charge in [0, 0.05) is 24.6 Å². The summed E-state index contributed by atoms with van der Waals surface area (Å²) in [5, 5.41) is 18.3. The minimum absolute atomic E-state index is 0.173. The van der Waals surface area contributed by atoms with Crippen molar-refractivity contribution in [3.63, 3.8) is 0 Å². The number of likely N-dealkylation sites (tertiary alicyclic amines) is 1. The molecule has 0 aliphatic carbocycles. The summed E-state index contributed by atoms with van der Waals surface area (Å²) in [6.45, 7) is 0.591. The summed E-state index contributed by atoms with van der Waals surface area (Å²) in [5.41, 5.74) is 2.31. The van der Waals surface area contributed by atoms with Crippen molar-refractivity contribution in [2.75, 3.05) is 13.1 Å². The molecule has 2 aromatic rings. The van der Waals surface area contributed by atoms with E-state index < -0.39 is 11.9 Å². The minimum Gasteiger partial charge on any atom is -0.481 e. The number of hydrogen-bond acceptors (Lipinski definition) is 3. The van der Waals surface area contributed by atoms with Gasteiger partial charge in [-0.3, -0.25) is 9.59 Å². The standard InChI is InChI=1S/C20H18N2O3/c21-11-10-14-6-8-16(9-7-14)19(23)22-12-17(18(13-22)20(24)25)15-4-2-1-3-5-15/h1-9,17-18H,10,12-13H2,(H,24,25). The van der Waals surface area contributed by atoms with E-state index in [1.54, 1.807) is 29.2 Å². The van der Waals surface area contributed by atoms with Crippen molar-refractivity contribution in [3.05, 3.63) is 71.3 Å². The molecule has 2 atom stereocenters. The summed E-state index contributed by atoms with van der Waals surface area (Å²) >= 11 is 0. The molecule has 1 saturated heterocycles. The Kier molecular flexibility index (Phi) is 4.80. The van der Waals surface area contributed by atoms with E-state index in [0.717, 1.165) is 11.1 Å². The van der Waals surface area contributed by atoms with Crippen LogP contribution in [0.4, 0.5) is 0 Å². The van der Waals surface area contributed by atoms with E-state index in [-0.39, 0.29) is 18.4 Å². The highest BCUT2D eigenvalue weighted by Gasteiger charge is 2.40. The molecule has 1 fully saturated rings. The Morgan fingerprint density at radius 1 is 1.08 bits per heavy atom. The van der Waals surface area contributed by atoms with E-state index in [2.05, 4.69) is 6.07 Å². The van der Waals surface area contributed by atoms with E-state index >= 15 is 0 Å². The SMILES string of the molecule is N#CCc1ccc(C(=O)N2CC(C(=O)O)C(c3ccccc3)C2)cc1. The Balaban J connectivity index is 1.80. The number of nitriles is 1. The number of nitrogens with zero attached hydrogens (tertiary/aromatic N) is 2. The number of carboxylic acids is 1. The summed E-state index contributed by atoms with van der Waals surface area (Å²) < 4.78 is 0. The summed E-state index contributed by atoms with van der Waals surface area (Å²) in [6.07, 6.45) is 0.301. The highest BCUT2D eigenvalue weighted by Crippen LogP contribution is 2.33. The number of hydrogen-bond donors (Lipinski definition) is 1. The zero-order valence-corrected chi connectivity index (χ0v) is 13.6. The molecule has 5 heteroatoms. The Bertz CT molecular complexity index is 809. The number of carboxylic acid groups (broad SMARTS) is 1. The molecule has 1 aliphatic heterocycles. The average Bonchev–Trinajstić information content (AvgIpc) is 3.08. The van der Waals surface area contributed by atoms with Gasteiger partial charge >= 0.3 is 5.97 Å². The van der Waals surface area contributed by atoms with Crippen LogP contribution in [0.1, 0.15) is 27.4 Å². The van der Waals surface area contributed by atoms with Gasteiger partial charge in [0.2, 0.25) is 0 Å². The van der Waals surface area contributed by atoms with E-state index in [1.165, 1.54) is 0 Å². The van der Waals surface area contributed by atoms with Crippen molar-refractivity contribution in [2.45, 2.75) is 12.3 Å². The van der Waals surface area contributed by atoms with Gasteiger partial charge in [-0.2, -0.15) is 5.26 Å². The molecule has 1 heterocycles. The van der Waals surface area contributed by atoms with Gasteiger partial charge < -0.3 is 10.0 Å². The third-order valence-electron chi connectivity index (χ3n) is 4.64. The molecule has 2 unspecified atom stereocenters. The second-order valence-corrected chi connectivity index (χ2v) is 6.20. The third-order valence-corrected chi connectivity index (χ3v) is 4.64. The summed E-state index contributed by atoms with van der Waals surface area (Å²) in [5.74, 6) is -1.87. The zero-order chi connectivity index (χ0) is 17.8. The fourth-order valence-corrected chi connectivity index (χ4v) is 3.30. The number of benzene rings is 2. The van der Waals surface area contributed by atoms with E-state index in [4.69, 9.17) is 5.26 Å². The highest BCUT2D eigenvalue weighted by molar-refractivity contribution is 5.95. The predicted molar refractivity (Wildman–Crippen MR) is 92.0 cm³/mol. The van der Waals surface area contributed by atoms with Gasteiger partial charge in [0.1, 0.15) is 0 Å². The van der Waals surface area contributed by atoms with Crippen LogP contribution in [0.25, 0.3) is 0 Å². The fraction of sp³-hybridized carbons (Fsp3) is 0.250. The molecule has 25 heavy (non-hydrogen) atoms. The summed E-state index contributed by atoms with van der Waals surface area (Å²) in [6, 6.07) is 18.4. The van der Waals surface area contributed by atoms with Gasteiger partial charge in [-0.1, -0.05) is 42.5 Å². The lowest BCUT2D eigenvalue weighted by atomic mass is 9.89. The molecule has 126 valence electrons. The van der Waals surface area contributed by atoms with Crippen LogP contribution in [-0.2, 0) is 11.2 Å². The van der Waals surface area contributed by atoms with Gasteiger partial charge in [0.15, 0.2) is 0 Å². The molecular weight excluding hydrogens is 316 g/mol. The number of rotatable bonds is 4. The molecule has 0 saturated carbocycles. The minimum atomic E-state index is -0.881. The third kappa shape index (κ3) is 3.53. The number of amides is 1. The number of carbonyl (C=O) groups is 2. The van der Waals surface area contributed by atoms with Crippen molar-refractivity contribution in [2.24, 2.45) is 5.92 Å². The Labute approximate surface area is 146 Å². The van der Waals surface area contributed by atoms with Crippen molar-refractivity contribution >= 4 is 11.9 Å². The van der Waals surface area contributed by atoms with Gasteiger partial charge in [-0.05, 0) is 23.3 Å². The van der Waals surface area contributed by atoms with Crippen LogP contribution >= 0.6 is 0 Å². The van der Waals surface area contributed by atoms with E-state index in [9.17, 15) is 14.7 Å². The molecule has 0 spiro atoms. The summed E-state index contributed by atoms with van der Waals surface area (Å²) in [4.78, 5) is 26.0. The molecule has 0 radical (unpaired) electrons. The lowest BCUT2D eigenvalue weighted by Crippen LogP contribution is -2.29. The average molecular weight is 334 g/mol. The first kappa shape index (κ1) is 16.7. The molecule has 0 bridgehead atoms. The molecule has 5 nitrogen and oxygen atoms in total. The summed E-state index contributed by atoms with van der Waals surface area (Å²) in [7, 11) is 0. The molecule has 0 aromatic heterocycles. The van der Waals surface area contributed by atoms with Crippen LogP contribution in [-0.4, -0.2) is 35.0 Å².